The van der Waals surface area contributed by atoms with Gasteiger partial charge in [-0.3, -0.25) is 4.79 Å². The van der Waals surface area contributed by atoms with Gasteiger partial charge in [0.15, 0.2) is 0 Å². The topological polar surface area (TPSA) is 70.7 Å². The van der Waals surface area contributed by atoms with Crippen molar-refractivity contribution in [1.29, 1.82) is 0 Å². The van der Waals surface area contributed by atoms with Gasteiger partial charge in [0, 0.05) is 17.2 Å². The molecule has 20 heavy (non-hydrogen) atoms. The highest BCUT2D eigenvalue weighted by Crippen LogP contribution is 2.33. The van der Waals surface area contributed by atoms with Crippen LogP contribution in [0.2, 0.25) is 0 Å². The van der Waals surface area contributed by atoms with Crippen molar-refractivity contribution in [2.24, 2.45) is 5.92 Å². The average Bonchev–Trinajstić information content (AvgIpc) is 3.04. The molecule has 1 aliphatic carbocycles. The molecular weight excluding hydrogens is 252 g/mol. The van der Waals surface area contributed by atoms with E-state index in [0.29, 0.717) is 0 Å². The average molecular weight is 264 g/mol. The maximum Gasteiger partial charge on any atom is 0.252 e. The van der Waals surface area contributed by atoms with E-state index in [2.05, 4.69) is 26.8 Å². The first kappa shape index (κ1) is 11.2. The summed E-state index contributed by atoms with van der Waals surface area (Å²) < 4.78 is 0. The second-order valence-corrected chi connectivity index (χ2v) is 4.96. The largest absolute Gasteiger partial charge is 0.325 e. The van der Waals surface area contributed by atoms with Crippen molar-refractivity contribution in [3.05, 3.63) is 53.3 Å². The number of nitrogens with zero attached hydrogens (tertiary/aromatic N) is 2. The second kappa shape index (κ2) is 4.16. The number of hydrogen-bond acceptors (Lipinski definition) is 3. The van der Waals surface area contributed by atoms with Crippen molar-refractivity contribution in [2.45, 2.75) is 6.42 Å². The highest BCUT2D eigenvalue weighted by atomic mass is 16.2. The number of aromatic amines is 1. The molecule has 5 heteroatoms. The number of aromatic nitrogens is 3. The number of H-pyrrole nitrogens is 1. The van der Waals surface area contributed by atoms with Crippen LogP contribution >= 0.6 is 0 Å². The molecule has 5 nitrogen and oxygen atoms in total. The van der Waals surface area contributed by atoms with Crippen molar-refractivity contribution in [1.82, 2.24) is 20.7 Å². The normalized spacial score (nSPS) is 23.0. The molecule has 1 fully saturated rings. The Labute approximate surface area is 115 Å². The van der Waals surface area contributed by atoms with Crippen molar-refractivity contribution in [3.63, 3.8) is 0 Å². The van der Waals surface area contributed by atoms with E-state index in [-0.39, 0.29) is 11.8 Å². The van der Waals surface area contributed by atoms with Crippen molar-refractivity contribution < 1.29 is 4.79 Å². The fourth-order valence-corrected chi connectivity index (χ4v) is 2.71. The van der Waals surface area contributed by atoms with Crippen molar-refractivity contribution in [3.8, 4) is 0 Å². The molecule has 1 atom stereocenters. The van der Waals surface area contributed by atoms with E-state index in [1.54, 1.807) is 0 Å². The van der Waals surface area contributed by atoms with Crippen LogP contribution in [0.3, 0.4) is 0 Å². The van der Waals surface area contributed by atoms with E-state index < -0.39 is 0 Å². The van der Waals surface area contributed by atoms with Gasteiger partial charge in [0.2, 0.25) is 0 Å². The minimum absolute atomic E-state index is 0.00907. The summed E-state index contributed by atoms with van der Waals surface area (Å²) in [5.74, 6) is 0.144. The number of amides is 1. The van der Waals surface area contributed by atoms with Gasteiger partial charge in [-0.25, -0.2) is 0 Å². The van der Waals surface area contributed by atoms with Crippen LogP contribution in [0.25, 0.3) is 17.1 Å². The van der Waals surface area contributed by atoms with E-state index in [0.717, 1.165) is 34.3 Å². The van der Waals surface area contributed by atoms with Crippen LogP contribution < -0.4 is 5.32 Å². The number of carbonyl (C=O) groups excluding carboxylic acids is 1. The maximum atomic E-state index is 12.1. The van der Waals surface area contributed by atoms with Gasteiger partial charge in [-0.1, -0.05) is 18.2 Å². The van der Waals surface area contributed by atoms with Crippen molar-refractivity contribution in [2.75, 3.05) is 0 Å². The third-order valence-electron chi connectivity index (χ3n) is 3.72. The molecule has 0 spiro atoms. The van der Waals surface area contributed by atoms with Crippen LogP contribution in [0.4, 0.5) is 0 Å². The predicted octanol–water partition coefficient (Wildman–Crippen LogP) is 1.93. The van der Waals surface area contributed by atoms with Crippen LogP contribution in [0, 0.1) is 5.92 Å². The molecule has 0 saturated carbocycles. The Balaban J connectivity index is 1.77. The van der Waals surface area contributed by atoms with Gasteiger partial charge in [0.25, 0.3) is 5.91 Å². The Bertz CT molecular complexity index is 797. The first-order chi connectivity index (χ1) is 9.81. The summed E-state index contributed by atoms with van der Waals surface area (Å²) in [6.45, 7) is 0. The molecule has 4 rings (SSSR count). The Morgan fingerprint density at radius 2 is 2.15 bits per heavy atom. The fourth-order valence-electron chi connectivity index (χ4n) is 2.71. The number of allylic oxidation sites excluding steroid dienone is 4. The number of carbonyl (C=O) groups is 1. The summed E-state index contributed by atoms with van der Waals surface area (Å²) in [4.78, 5) is 12.1. The molecular formula is C15H12N4O. The molecule has 2 aliphatic rings. The predicted molar refractivity (Wildman–Crippen MR) is 75.3 cm³/mol. The highest BCUT2D eigenvalue weighted by molar-refractivity contribution is 6.03. The number of nitrogens with one attached hydrogen (secondary N) is 2. The number of rotatable bonds is 1. The summed E-state index contributed by atoms with van der Waals surface area (Å²) in [5.41, 5.74) is 4.39. The fraction of sp³-hybridized carbons (Fsp3) is 0.133. The lowest BCUT2D eigenvalue weighted by Gasteiger charge is -2.11. The van der Waals surface area contributed by atoms with E-state index in [1.165, 1.54) is 0 Å². The van der Waals surface area contributed by atoms with Crippen LogP contribution in [-0.4, -0.2) is 21.3 Å². The summed E-state index contributed by atoms with van der Waals surface area (Å²) in [7, 11) is 0. The lowest BCUT2D eigenvalue weighted by Crippen LogP contribution is -2.13. The Kier molecular flexibility index (Phi) is 2.32. The lowest BCUT2D eigenvalue weighted by molar-refractivity contribution is -0.115. The minimum Gasteiger partial charge on any atom is -0.325 e. The Morgan fingerprint density at radius 3 is 3.10 bits per heavy atom. The second-order valence-electron chi connectivity index (χ2n) is 4.96. The summed E-state index contributed by atoms with van der Waals surface area (Å²) in [5, 5.41) is 13.6. The SMILES string of the molecule is O=C1NC2=CC=CCC2/C1=C\c1ccc2n[nH]nc2c1. The number of benzene rings is 1. The highest BCUT2D eigenvalue weighted by Gasteiger charge is 2.32. The van der Waals surface area contributed by atoms with Gasteiger partial charge in [0.1, 0.15) is 11.0 Å². The summed E-state index contributed by atoms with van der Waals surface area (Å²) >= 11 is 0. The minimum atomic E-state index is -0.00907. The molecule has 0 radical (unpaired) electrons. The molecule has 98 valence electrons. The van der Waals surface area contributed by atoms with Crippen LogP contribution in [0.1, 0.15) is 12.0 Å². The van der Waals surface area contributed by atoms with Crippen molar-refractivity contribution >= 4 is 23.0 Å². The molecule has 1 amide bonds. The van der Waals surface area contributed by atoms with E-state index in [4.69, 9.17) is 0 Å². The zero-order chi connectivity index (χ0) is 13.5. The zero-order valence-corrected chi connectivity index (χ0v) is 10.6. The van der Waals surface area contributed by atoms with E-state index in [1.807, 2.05) is 36.4 Å². The number of hydrogen-bond donors (Lipinski definition) is 2. The smallest absolute Gasteiger partial charge is 0.252 e. The summed E-state index contributed by atoms with van der Waals surface area (Å²) in [6.07, 6.45) is 8.84. The third-order valence-corrected chi connectivity index (χ3v) is 3.72. The van der Waals surface area contributed by atoms with E-state index >= 15 is 0 Å². The summed E-state index contributed by atoms with van der Waals surface area (Å²) in [6, 6.07) is 5.78. The molecule has 2 heterocycles. The molecule has 1 aromatic heterocycles. The monoisotopic (exact) mass is 264 g/mol. The lowest BCUT2D eigenvalue weighted by atomic mass is 9.91. The molecule has 1 unspecified atom stereocenters. The first-order valence-corrected chi connectivity index (χ1v) is 6.51. The molecule has 1 aliphatic heterocycles. The van der Waals surface area contributed by atoms with Gasteiger partial charge in [0.05, 0.1) is 0 Å². The standard InChI is InChI=1S/C15H12N4O/c20-15-11(10-3-1-2-4-12(10)16-15)7-9-5-6-13-14(8-9)18-19-17-13/h1-2,4-8,10H,3H2,(H,16,20)(H,17,18,19)/b11-7+. The van der Waals surface area contributed by atoms with Gasteiger partial charge in [-0.15, -0.1) is 0 Å². The van der Waals surface area contributed by atoms with Crippen LogP contribution in [-0.2, 0) is 4.79 Å². The Hall–Kier alpha value is -2.69. The van der Waals surface area contributed by atoms with Gasteiger partial charge < -0.3 is 5.32 Å². The molecule has 1 aromatic carbocycles. The molecule has 2 aromatic rings. The maximum absolute atomic E-state index is 12.1. The van der Waals surface area contributed by atoms with Gasteiger partial charge >= 0.3 is 0 Å². The van der Waals surface area contributed by atoms with Crippen LogP contribution in [0.15, 0.2) is 47.7 Å². The zero-order valence-electron chi connectivity index (χ0n) is 10.6. The quantitative estimate of drug-likeness (QED) is 0.773. The number of fused-ring (bicyclic) bond motifs is 2. The third kappa shape index (κ3) is 1.67. The van der Waals surface area contributed by atoms with Gasteiger partial charge in [-0.2, -0.15) is 15.4 Å². The molecule has 2 N–H and O–H groups in total. The Morgan fingerprint density at radius 1 is 1.25 bits per heavy atom. The molecule has 1 saturated heterocycles. The van der Waals surface area contributed by atoms with Gasteiger partial charge in [-0.05, 0) is 36.3 Å². The molecule has 0 bridgehead atoms. The first-order valence-electron chi connectivity index (χ1n) is 6.51. The van der Waals surface area contributed by atoms with Crippen LogP contribution in [0.5, 0.6) is 0 Å². The van der Waals surface area contributed by atoms with E-state index in [9.17, 15) is 4.79 Å².